The van der Waals surface area contributed by atoms with Gasteiger partial charge in [-0.2, -0.15) is 0 Å². The molecule has 0 saturated heterocycles. The largest absolute Gasteiger partial charge is 0.394 e. The minimum absolute atomic E-state index is 0.106. The summed E-state index contributed by atoms with van der Waals surface area (Å²) >= 11 is 0. The smallest absolute Gasteiger partial charge is 0.0608 e. The Labute approximate surface area is 75.2 Å². The maximum absolute atomic E-state index is 9.05. The molecule has 0 amide bonds. The Hall–Kier alpha value is -0.0800. The van der Waals surface area contributed by atoms with Crippen LogP contribution in [0.4, 0.5) is 0 Å². The highest BCUT2D eigenvalue weighted by atomic mass is 16.3. The average molecular weight is 171 g/mol. The fourth-order valence-electron chi connectivity index (χ4n) is 2.24. The van der Waals surface area contributed by atoms with Crippen LogP contribution in [-0.2, 0) is 0 Å². The van der Waals surface area contributed by atoms with E-state index in [1.54, 1.807) is 0 Å². The lowest BCUT2D eigenvalue weighted by atomic mass is 9.62. The van der Waals surface area contributed by atoms with E-state index in [-0.39, 0.29) is 12.1 Å². The molecule has 2 nitrogen and oxygen atoms in total. The molecule has 0 spiro atoms. The summed E-state index contributed by atoms with van der Waals surface area (Å²) in [7, 11) is 0. The topological polar surface area (TPSA) is 46.2 Å². The zero-order valence-corrected chi connectivity index (χ0v) is 8.27. The van der Waals surface area contributed by atoms with Gasteiger partial charge in [-0.05, 0) is 31.6 Å². The van der Waals surface area contributed by atoms with Crippen LogP contribution in [0.2, 0.25) is 0 Å². The van der Waals surface area contributed by atoms with Gasteiger partial charge in [0, 0.05) is 5.54 Å². The van der Waals surface area contributed by atoms with Crippen molar-refractivity contribution in [2.45, 2.75) is 51.5 Å². The highest BCUT2D eigenvalue weighted by Crippen LogP contribution is 2.48. The summed E-state index contributed by atoms with van der Waals surface area (Å²) in [5.74, 6) is 0. The first-order valence-electron chi connectivity index (χ1n) is 4.93. The summed E-state index contributed by atoms with van der Waals surface area (Å²) in [6.45, 7) is 4.28. The third kappa shape index (κ3) is 1.99. The van der Waals surface area contributed by atoms with Crippen molar-refractivity contribution in [3.63, 3.8) is 0 Å². The average Bonchev–Trinajstić information content (AvgIpc) is 1.97. The Morgan fingerprint density at radius 2 is 2.08 bits per heavy atom. The van der Waals surface area contributed by atoms with Crippen LogP contribution in [0.25, 0.3) is 0 Å². The Morgan fingerprint density at radius 1 is 1.50 bits per heavy atom. The van der Waals surface area contributed by atoms with Crippen LogP contribution in [0.15, 0.2) is 0 Å². The molecule has 0 bridgehead atoms. The minimum Gasteiger partial charge on any atom is -0.394 e. The number of rotatable bonds is 4. The fourth-order valence-corrected chi connectivity index (χ4v) is 2.24. The first-order valence-corrected chi connectivity index (χ1v) is 4.93. The molecule has 1 fully saturated rings. The van der Waals surface area contributed by atoms with E-state index in [9.17, 15) is 0 Å². The molecule has 1 atom stereocenters. The van der Waals surface area contributed by atoms with Crippen molar-refractivity contribution in [3.05, 3.63) is 0 Å². The quantitative estimate of drug-likeness (QED) is 0.676. The predicted octanol–water partition coefficient (Wildman–Crippen LogP) is 1.67. The van der Waals surface area contributed by atoms with Gasteiger partial charge < -0.3 is 10.8 Å². The SMILES string of the molecule is CCC1(CC(C)(N)CO)CCC1. The van der Waals surface area contributed by atoms with Crippen LogP contribution in [0.3, 0.4) is 0 Å². The molecular formula is C10H21NO. The molecule has 12 heavy (non-hydrogen) atoms. The zero-order valence-electron chi connectivity index (χ0n) is 8.27. The molecule has 0 radical (unpaired) electrons. The predicted molar refractivity (Wildman–Crippen MR) is 50.9 cm³/mol. The maximum Gasteiger partial charge on any atom is 0.0608 e. The van der Waals surface area contributed by atoms with Crippen LogP contribution in [0.1, 0.15) is 46.0 Å². The molecule has 0 heterocycles. The van der Waals surface area contributed by atoms with E-state index < -0.39 is 0 Å². The fraction of sp³-hybridized carbons (Fsp3) is 1.00. The Balaban J connectivity index is 2.47. The van der Waals surface area contributed by atoms with Crippen molar-refractivity contribution in [3.8, 4) is 0 Å². The molecule has 0 aromatic heterocycles. The van der Waals surface area contributed by atoms with Crippen molar-refractivity contribution in [1.29, 1.82) is 0 Å². The van der Waals surface area contributed by atoms with Crippen molar-refractivity contribution < 1.29 is 5.11 Å². The molecule has 1 aliphatic rings. The van der Waals surface area contributed by atoms with Gasteiger partial charge in [-0.3, -0.25) is 0 Å². The standard InChI is InChI=1S/C10H21NO/c1-3-10(5-4-6-10)7-9(2,11)8-12/h12H,3-8,11H2,1-2H3. The second-order valence-electron chi connectivity index (χ2n) is 4.70. The highest BCUT2D eigenvalue weighted by molar-refractivity contribution is 4.94. The maximum atomic E-state index is 9.05. The molecular weight excluding hydrogens is 150 g/mol. The second-order valence-corrected chi connectivity index (χ2v) is 4.70. The van der Waals surface area contributed by atoms with Crippen LogP contribution in [-0.4, -0.2) is 17.3 Å². The Bertz CT molecular complexity index is 144. The monoisotopic (exact) mass is 171 g/mol. The summed E-state index contributed by atoms with van der Waals surface area (Å²) in [5.41, 5.74) is 6.04. The third-order valence-electron chi connectivity index (χ3n) is 3.30. The van der Waals surface area contributed by atoms with Crippen molar-refractivity contribution in [2.24, 2.45) is 11.1 Å². The molecule has 0 aromatic carbocycles. The molecule has 2 heteroatoms. The van der Waals surface area contributed by atoms with Gasteiger partial charge in [0.25, 0.3) is 0 Å². The van der Waals surface area contributed by atoms with Crippen LogP contribution < -0.4 is 5.73 Å². The summed E-state index contributed by atoms with van der Waals surface area (Å²) in [6, 6.07) is 0. The molecule has 0 aromatic rings. The van der Waals surface area contributed by atoms with E-state index >= 15 is 0 Å². The molecule has 0 aliphatic heterocycles. The molecule has 1 aliphatic carbocycles. The van der Waals surface area contributed by atoms with E-state index in [1.807, 2.05) is 6.92 Å². The van der Waals surface area contributed by atoms with Gasteiger partial charge in [0.1, 0.15) is 0 Å². The summed E-state index contributed by atoms with van der Waals surface area (Å²) < 4.78 is 0. The van der Waals surface area contributed by atoms with Crippen molar-refractivity contribution in [1.82, 2.24) is 0 Å². The number of aliphatic hydroxyl groups is 1. The van der Waals surface area contributed by atoms with Gasteiger partial charge >= 0.3 is 0 Å². The lowest BCUT2D eigenvalue weighted by Gasteiger charge is -2.45. The van der Waals surface area contributed by atoms with E-state index in [2.05, 4.69) is 6.92 Å². The zero-order chi connectivity index (χ0) is 9.24. The van der Waals surface area contributed by atoms with Gasteiger partial charge in [0.15, 0.2) is 0 Å². The highest BCUT2D eigenvalue weighted by Gasteiger charge is 2.39. The van der Waals surface area contributed by atoms with E-state index in [0.717, 1.165) is 6.42 Å². The summed E-state index contributed by atoms with van der Waals surface area (Å²) in [4.78, 5) is 0. The number of hydrogen-bond acceptors (Lipinski definition) is 2. The normalized spacial score (nSPS) is 26.0. The van der Waals surface area contributed by atoms with Gasteiger partial charge in [-0.25, -0.2) is 0 Å². The molecule has 72 valence electrons. The number of nitrogens with two attached hydrogens (primary N) is 1. The molecule has 1 rings (SSSR count). The number of hydrogen-bond donors (Lipinski definition) is 2. The first kappa shape index (κ1) is 10.0. The van der Waals surface area contributed by atoms with Gasteiger partial charge in [0.2, 0.25) is 0 Å². The molecule has 1 saturated carbocycles. The molecule has 1 unspecified atom stereocenters. The van der Waals surface area contributed by atoms with E-state index in [1.165, 1.54) is 25.7 Å². The lowest BCUT2D eigenvalue weighted by Crippen LogP contribution is -2.47. The van der Waals surface area contributed by atoms with Gasteiger partial charge in [0.05, 0.1) is 6.61 Å². The van der Waals surface area contributed by atoms with Gasteiger partial charge in [-0.1, -0.05) is 19.8 Å². The Morgan fingerprint density at radius 3 is 2.33 bits per heavy atom. The van der Waals surface area contributed by atoms with Crippen molar-refractivity contribution >= 4 is 0 Å². The molecule has 3 N–H and O–H groups in total. The van der Waals surface area contributed by atoms with Crippen LogP contribution in [0.5, 0.6) is 0 Å². The second kappa shape index (κ2) is 3.35. The first-order chi connectivity index (χ1) is 5.54. The lowest BCUT2D eigenvalue weighted by molar-refractivity contribution is 0.0594. The van der Waals surface area contributed by atoms with Crippen LogP contribution in [0, 0.1) is 5.41 Å². The summed E-state index contributed by atoms with van der Waals surface area (Å²) in [5, 5.41) is 9.05. The van der Waals surface area contributed by atoms with Crippen molar-refractivity contribution in [2.75, 3.05) is 6.61 Å². The van der Waals surface area contributed by atoms with Gasteiger partial charge in [-0.15, -0.1) is 0 Å². The van der Waals surface area contributed by atoms with E-state index in [0.29, 0.717) is 5.41 Å². The van der Waals surface area contributed by atoms with Crippen LogP contribution >= 0.6 is 0 Å². The third-order valence-corrected chi connectivity index (χ3v) is 3.30. The van der Waals surface area contributed by atoms with E-state index in [4.69, 9.17) is 10.8 Å². The Kier molecular flexibility index (Phi) is 2.79. The summed E-state index contributed by atoms with van der Waals surface area (Å²) in [6.07, 6.45) is 6.13. The number of aliphatic hydroxyl groups excluding tert-OH is 1. The minimum atomic E-state index is -0.365.